The standard InChI is InChI=1S/C20H21N5O3/c1-12-3-4-14(7-21-12)20-18(13(2)28-23-20)9-24-19(26)6-15(8-22-24)25-16-5-17(25)11-27-10-16/h3-4,6-8,16-17H,5,9-11H2,1-2H3. The number of rotatable bonds is 4. The maximum atomic E-state index is 12.7. The van der Waals surface area contributed by atoms with Gasteiger partial charge in [0.1, 0.15) is 11.5 Å². The lowest BCUT2D eigenvalue weighted by Crippen LogP contribution is -2.64. The third kappa shape index (κ3) is 2.80. The van der Waals surface area contributed by atoms with Crippen molar-refractivity contribution in [3.63, 3.8) is 0 Å². The molecule has 3 aromatic rings. The van der Waals surface area contributed by atoms with E-state index < -0.39 is 0 Å². The quantitative estimate of drug-likeness (QED) is 0.685. The molecule has 0 amide bonds. The minimum absolute atomic E-state index is 0.142. The van der Waals surface area contributed by atoms with Gasteiger partial charge < -0.3 is 14.2 Å². The van der Waals surface area contributed by atoms with E-state index in [1.54, 1.807) is 18.5 Å². The molecule has 2 unspecified atom stereocenters. The molecule has 2 saturated heterocycles. The fourth-order valence-electron chi connectivity index (χ4n) is 4.01. The van der Waals surface area contributed by atoms with Gasteiger partial charge >= 0.3 is 0 Å². The smallest absolute Gasteiger partial charge is 0.269 e. The number of ether oxygens (including phenoxy) is 1. The molecule has 0 spiro atoms. The largest absolute Gasteiger partial charge is 0.377 e. The summed E-state index contributed by atoms with van der Waals surface area (Å²) in [5.74, 6) is 0.669. The summed E-state index contributed by atoms with van der Waals surface area (Å²) in [5, 5.41) is 8.58. The minimum Gasteiger partial charge on any atom is -0.377 e. The molecule has 8 heteroatoms. The highest BCUT2D eigenvalue weighted by atomic mass is 16.5. The average Bonchev–Trinajstić information content (AvgIpc) is 3.05. The summed E-state index contributed by atoms with van der Waals surface area (Å²) in [7, 11) is 0. The van der Waals surface area contributed by atoms with E-state index in [0.717, 1.165) is 28.9 Å². The van der Waals surface area contributed by atoms with Gasteiger partial charge in [0, 0.05) is 29.1 Å². The molecule has 2 bridgehead atoms. The molecule has 3 aromatic heterocycles. The van der Waals surface area contributed by atoms with Crippen LogP contribution in [0.15, 0.2) is 39.9 Å². The van der Waals surface area contributed by atoms with Gasteiger partial charge in [0.25, 0.3) is 5.56 Å². The van der Waals surface area contributed by atoms with Crippen molar-refractivity contribution in [3.05, 3.63) is 58.0 Å². The molecule has 0 N–H and O–H groups in total. The minimum atomic E-state index is -0.142. The van der Waals surface area contributed by atoms with Gasteiger partial charge in [-0.25, -0.2) is 4.68 Å². The number of aromatic nitrogens is 4. The molecule has 0 aliphatic carbocycles. The number of fused-ring (bicyclic) bond motifs is 2. The number of nitrogens with zero attached hydrogens (tertiary/aromatic N) is 5. The number of hydrogen-bond acceptors (Lipinski definition) is 7. The maximum absolute atomic E-state index is 12.7. The van der Waals surface area contributed by atoms with Crippen molar-refractivity contribution in [2.24, 2.45) is 0 Å². The molecular formula is C20H21N5O3. The van der Waals surface area contributed by atoms with E-state index in [2.05, 4.69) is 20.1 Å². The van der Waals surface area contributed by atoms with Crippen LogP contribution in [-0.2, 0) is 11.3 Å². The molecular weight excluding hydrogens is 358 g/mol. The van der Waals surface area contributed by atoms with E-state index in [0.29, 0.717) is 43.3 Å². The Labute approximate surface area is 161 Å². The second-order valence-electron chi connectivity index (χ2n) is 7.45. The van der Waals surface area contributed by atoms with Crippen molar-refractivity contribution >= 4 is 5.69 Å². The summed E-state index contributed by atoms with van der Waals surface area (Å²) in [6, 6.07) is 6.25. The molecule has 144 valence electrons. The lowest BCUT2D eigenvalue weighted by Gasteiger charge is -2.53. The molecule has 2 aliphatic heterocycles. The van der Waals surface area contributed by atoms with Gasteiger partial charge in [-0.2, -0.15) is 5.10 Å². The number of anilines is 1. The van der Waals surface area contributed by atoms with Gasteiger partial charge in [0.2, 0.25) is 0 Å². The second kappa shape index (κ2) is 6.56. The summed E-state index contributed by atoms with van der Waals surface area (Å²) in [6.07, 6.45) is 4.65. The van der Waals surface area contributed by atoms with Crippen LogP contribution in [0.5, 0.6) is 0 Å². The summed E-state index contributed by atoms with van der Waals surface area (Å²) < 4.78 is 12.3. The zero-order valence-corrected chi connectivity index (χ0v) is 15.8. The highest BCUT2D eigenvalue weighted by Gasteiger charge is 2.42. The van der Waals surface area contributed by atoms with Crippen LogP contribution < -0.4 is 10.5 Å². The molecule has 8 nitrogen and oxygen atoms in total. The molecule has 5 rings (SSSR count). The lowest BCUT2D eigenvalue weighted by molar-refractivity contribution is 0.0102. The van der Waals surface area contributed by atoms with Crippen LogP contribution in [0.25, 0.3) is 11.3 Å². The van der Waals surface area contributed by atoms with Gasteiger partial charge in [-0.3, -0.25) is 9.78 Å². The first-order valence-electron chi connectivity index (χ1n) is 9.41. The zero-order chi connectivity index (χ0) is 19.3. The normalized spacial score (nSPS) is 20.9. The number of aryl methyl sites for hydroxylation is 2. The van der Waals surface area contributed by atoms with Crippen molar-refractivity contribution in [1.82, 2.24) is 19.9 Å². The van der Waals surface area contributed by atoms with Crippen molar-refractivity contribution in [2.45, 2.75) is 38.9 Å². The van der Waals surface area contributed by atoms with Crippen molar-refractivity contribution in [1.29, 1.82) is 0 Å². The third-order valence-corrected chi connectivity index (χ3v) is 5.58. The van der Waals surface area contributed by atoms with E-state index in [-0.39, 0.29) is 5.56 Å². The maximum Gasteiger partial charge on any atom is 0.269 e. The van der Waals surface area contributed by atoms with Crippen molar-refractivity contribution in [2.75, 3.05) is 18.1 Å². The SMILES string of the molecule is Cc1ccc(-c2noc(C)c2Cn2ncc(N3C4COCC3C4)cc2=O)cn1. The summed E-state index contributed by atoms with van der Waals surface area (Å²) >= 11 is 0. The van der Waals surface area contributed by atoms with E-state index >= 15 is 0 Å². The van der Waals surface area contributed by atoms with Crippen LogP contribution in [0.2, 0.25) is 0 Å². The Balaban J connectivity index is 1.43. The van der Waals surface area contributed by atoms with Crippen LogP contribution >= 0.6 is 0 Å². The Morgan fingerprint density at radius 3 is 2.68 bits per heavy atom. The van der Waals surface area contributed by atoms with Gasteiger partial charge in [-0.1, -0.05) is 5.16 Å². The van der Waals surface area contributed by atoms with Crippen LogP contribution in [-0.4, -0.2) is 45.2 Å². The third-order valence-electron chi connectivity index (χ3n) is 5.58. The number of pyridine rings is 1. The molecule has 2 fully saturated rings. The summed E-state index contributed by atoms with van der Waals surface area (Å²) in [4.78, 5) is 19.3. The highest BCUT2D eigenvalue weighted by Crippen LogP contribution is 2.35. The molecule has 0 aromatic carbocycles. The molecule has 0 saturated carbocycles. The van der Waals surface area contributed by atoms with Crippen molar-refractivity contribution in [3.8, 4) is 11.3 Å². The molecule has 28 heavy (non-hydrogen) atoms. The van der Waals surface area contributed by atoms with Crippen LogP contribution in [0, 0.1) is 13.8 Å². The highest BCUT2D eigenvalue weighted by molar-refractivity contribution is 5.62. The van der Waals surface area contributed by atoms with Gasteiger partial charge in [0.05, 0.1) is 43.7 Å². The molecule has 5 heterocycles. The average molecular weight is 379 g/mol. The van der Waals surface area contributed by atoms with E-state index in [1.807, 2.05) is 26.0 Å². The fraction of sp³-hybridized carbons (Fsp3) is 0.400. The first-order valence-corrected chi connectivity index (χ1v) is 9.41. The van der Waals surface area contributed by atoms with Gasteiger partial charge in [-0.05, 0) is 32.4 Å². The second-order valence-corrected chi connectivity index (χ2v) is 7.45. The van der Waals surface area contributed by atoms with Gasteiger partial charge in [-0.15, -0.1) is 0 Å². The Morgan fingerprint density at radius 2 is 2.00 bits per heavy atom. The predicted octanol–water partition coefficient (Wildman–Crippen LogP) is 1.94. The first-order chi connectivity index (χ1) is 13.6. The topological polar surface area (TPSA) is 86.3 Å². The Bertz CT molecular complexity index is 1060. The van der Waals surface area contributed by atoms with E-state index in [1.165, 1.54) is 4.68 Å². The molecule has 2 aliphatic rings. The lowest BCUT2D eigenvalue weighted by atomic mass is 9.91. The molecule has 0 radical (unpaired) electrons. The summed E-state index contributed by atoms with van der Waals surface area (Å²) in [6.45, 7) is 5.50. The van der Waals surface area contributed by atoms with Crippen LogP contribution in [0.3, 0.4) is 0 Å². The Kier molecular flexibility index (Phi) is 4.01. The molecule has 2 atom stereocenters. The van der Waals surface area contributed by atoms with E-state index in [9.17, 15) is 4.79 Å². The summed E-state index contributed by atoms with van der Waals surface area (Å²) in [5.41, 5.74) is 4.04. The fourth-order valence-corrected chi connectivity index (χ4v) is 4.01. The number of hydrogen-bond donors (Lipinski definition) is 0. The number of morpholine rings is 1. The Hall–Kier alpha value is -3.00. The van der Waals surface area contributed by atoms with Crippen molar-refractivity contribution < 1.29 is 9.26 Å². The monoisotopic (exact) mass is 379 g/mol. The van der Waals surface area contributed by atoms with Crippen LogP contribution in [0.4, 0.5) is 5.69 Å². The predicted molar refractivity (Wildman–Crippen MR) is 102 cm³/mol. The first kappa shape index (κ1) is 17.1. The van der Waals surface area contributed by atoms with Gasteiger partial charge in [0.15, 0.2) is 0 Å². The van der Waals surface area contributed by atoms with Crippen LogP contribution in [0.1, 0.15) is 23.4 Å². The Morgan fingerprint density at radius 1 is 1.18 bits per heavy atom. The zero-order valence-electron chi connectivity index (χ0n) is 15.8. The van der Waals surface area contributed by atoms with E-state index in [4.69, 9.17) is 9.26 Å².